The van der Waals surface area contributed by atoms with Crippen molar-refractivity contribution >= 4 is 10.2 Å². The fourth-order valence-corrected chi connectivity index (χ4v) is 0.931. The van der Waals surface area contributed by atoms with Gasteiger partial charge in [-0.25, -0.2) is 0 Å². The molecule has 11 heavy (non-hydrogen) atoms. The molecule has 0 spiro atoms. The lowest BCUT2D eigenvalue weighted by Crippen LogP contribution is -1.87. The fourth-order valence-electron chi connectivity index (χ4n) is 0.511. The van der Waals surface area contributed by atoms with Crippen LogP contribution < -0.4 is 0 Å². The van der Waals surface area contributed by atoms with E-state index in [0.29, 0.717) is 0 Å². The second kappa shape index (κ2) is 2.36. The molecule has 0 aromatic carbocycles. The van der Waals surface area contributed by atoms with Crippen molar-refractivity contribution in [3.63, 3.8) is 0 Å². The molecule has 0 N–H and O–H groups in total. The second-order valence-corrected chi connectivity index (χ2v) is 2.95. The van der Waals surface area contributed by atoms with Crippen molar-refractivity contribution in [1.82, 2.24) is 0 Å². The maximum absolute atomic E-state index is 12.0. The first-order valence-corrected chi connectivity index (χ1v) is 3.87. The summed E-state index contributed by atoms with van der Waals surface area (Å²) < 4.78 is 36.5. The van der Waals surface area contributed by atoms with E-state index in [0.717, 1.165) is 12.1 Å². The van der Waals surface area contributed by atoms with Crippen molar-refractivity contribution in [2.75, 3.05) is 0 Å². The highest BCUT2D eigenvalue weighted by Crippen LogP contribution is 2.14. The van der Waals surface area contributed by atoms with Crippen LogP contribution in [0.2, 0.25) is 0 Å². The summed E-state index contributed by atoms with van der Waals surface area (Å²) >= 11 is 0. The molecule has 4 nitrogen and oxygen atoms in total. The molecule has 0 aliphatic carbocycles. The topological polar surface area (TPSA) is 71.1 Å². The summed E-state index contributed by atoms with van der Waals surface area (Å²) in [6, 6.07) is 3.48. The molecule has 1 aromatic heterocycles. The summed E-state index contributed by atoms with van der Waals surface area (Å²) in [5, 5.41) is 7.32. The molecule has 1 aromatic rings. The van der Waals surface area contributed by atoms with Gasteiger partial charge in [-0.1, -0.05) is 3.89 Å². The molecule has 1 rings (SSSR count). The van der Waals surface area contributed by atoms with E-state index in [1.54, 1.807) is 0 Å². The third kappa shape index (κ3) is 1.56. The first-order chi connectivity index (χ1) is 5.04. The Balaban J connectivity index is 3.22. The van der Waals surface area contributed by atoms with Gasteiger partial charge in [-0.3, -0.25) is 0 Å². The van der Waals surface area contributed by atoms with Crippen molar-refractivity contribution in [3.05, 3.63) is 17.9 Å². The van der Waals surface area contributed by atoms with Crippen LogP contribution in [-0.4, -0.2) is 8.42 Å². The maximum atomic E-state index is 12.0. The molecule has 0 aliphatic heterocycles. The Morgan fingerprint density at radius 3 is 2.45 bits per heavy atom. The Morgan fingerprint density at radius 1 is 1.55 bits per heavy atom. The second-order valence-electron chi connectivity index (χ2n) is 1.67. The van der Waals surface area contributed by atoms with Gasteiger partial charge >= 0.3 is 10.2 Å². The lowest BCUT2D eigenvalue weighted by molar-refractivity contribution is 0.426. The van der Waals surface area contributed by atoms with Crippen molar-refractivity contribution < 1.29 is 16.7 Å². The number of nitriles is 1. The van der Waals surface area contributed by atoms with Crippen LogP contribution in [-0.2, 0) is 10.2 Å². The van der Waals surface area contributed by atoms with E-state index in [1.165, 1.54) is 6.07 Å². The third-order valence-electron chi connectivity index (χ3n) is 0.932. The zero-order valence-corrected chi connectivity index (χ0v) is 5.93. The number of rotatable bonds is 1. The molecule has 0 amide bonds. The first-order valence-electron chi connectivity index (χ1n) is 2.48. The molecule has 0 saturated heterocycles. The average Bonchev–Trinajstić information content (AvgIpc) is 2.32. The van der Waals surface area contributed by atoms with Crippen LogP contribution in [0.1, 0.15) is 5.76 Å². The van der Waals surface area contributed by atoms with Crippen LogP contribution >= 0.6 is 0 Å². The van der Waals surface area contributed by atoms with E-state index in [9.17, 15) is 12.3 Å². The summed E-state index contributed by atoms with van der Waals surface area (Å²) in [6.07, 6.45) is 0. The number of furan rings is 1. The van der Waals surface area contributed by atoms with Crippen LogP contribution in [0.15, 0.2) is 21.6 Å². The Bertz CT molecular complexity index is 400. The third-order valence-corrected chi connectivity index (χ3v) is 1.63. The van der Waals surface area contributed by atoms with E-state index in [-0.39, 0.29) is 5.76 Å². The predicted molar refractivity (Wildman–Crippen MR) is 31.7 cm³/mol. The van der Waals surface area contributed by atoms with Gasteiger partial charge in [-0.15, -0.1) is 0 Å². The van der Waals surface area contributed by atoms with Gasteiger partial charge in [0.25, 0.3) is 5.09 Å². The van der Waals surface area contributed by atoms with E-state index >= 15 is 0 Å². The highest BCUT2D eigenvalue weighted by atomic mass is 32.3. The predicted octanol–water partition coefficient (Wildman–Crippen LogP) is 0.809. The molecule has 58 valence electrons. The number of halogens is 1. The molecule has 0 bridgehead atoms. The number of hydrogen-bond donors (Lipinski definition) is 0. The largest absolute Gasteiger partial charge is 0.431 e. The van der Waals surface area contributed by atoms with E-state index in [2.05, 4.69) is 4.42 Å². The van der Waals surface area contributed by atoms with Crippen LogP contribution in [0, 0.1) is 11.3 Å². The summed E-state index contributed by atoms with van der Waals surface area (Å²) in [5.74, 6) is -0.235. The van der Waals surface area contributed by atoms with Gasteiger partial charge < -0.3 is 4.42 Å². The standard InChI is InChI=1S/C5H2FNO3S/c6-11(8,9)5-2-1-4(3-7)10-5/h1-2H. The van der Waals surface area contributed by atoms with Crippen molar-refractivity contribution in [2.45, 2.75) is 5.09 Å². The summed E-state index contributed by atoms with van der Waals surface area (Å²) in [6.45, 7) is 0. The summed E-state index contributed by atoms with van der Waals surface area (Å²) in [5.41, 5.74) is 0. The van der Waals surface area contributed by atoms with E-state index in [4.69, 9.17) is 5.26 Å². The minimum absolute atomic E-state index is 0.235. The Morgan fingerprint density at radius 2 is 2.18 bits per heavy atom. The molecule has 0 aliphatic rings. The van der Waals surface area contributed by atoms with Gasteiger partial charge in [0, 0.05) is 6.07 Å². The number of nitrogens with zero attached hydrogens (tertiary/aromatic N) is 1. The van der Waals surface area contributed by atoms with Gasteiger partial charge in [0.2, 0.25) is 5.76 Å². The number of hydrogen-bond acceptors (Lipinski definition) is 4. The molecular formula is C5H2FNO3S. The van der Waals surface area contributed by atoms with Gasteiger partial charge in [0.1, 0.15) is 6.07 Å². The SMILES string of the molecule is N#Cc1ccc(S(=O)(=O)F)o1. The van der Waals surface area contributed by atoms with Crippen molar-refractivity contribution in [1.29, 1.82) is 5.26 Å². The minimum Gasteiger partial charge on any atom is -0.431 e. The quantitative estimate of drug-likeness (QED) is 0.592. The van der Waals surface area contributed by atoms with E-state index < -0.39 is 15.3 Å². The Labute approximate surface area is 62.1 Å². The van der Waals surface area contributed by atoms with Crippen LogP contribution in [0.5, 0.6) is 0 Å². The van der Waals surface area contributed by atoms with Crippen molar-refractivity contribution in [3.8, 4) is 6.07 Å². The molecule has 0 unspecified atom stereocenters. The highest BCUT2D eigenvalue weighted by Gasteiger charge is 2.16. The Hall–Kier alpha value is -1.35. The van der Waals surface area contributed by atoms with Gasteiger partial charge in [-0.2, -0.15) is 13.7 Å². The lowest BCUT2D eigenvalue weighted by atomic mass is 10.5. The summed E-state index contributed by atoms with van der Waals surface area (Å²) in [4.78, 5) is 0. The van der Waals surface area contributed by atoms with Gasteiger partial charge in [-0.05, 0) is 6.07 Å². The van der Waals surface area contributed by atoms with Crippen LogP contribution in [0.4, 0.5) is 3.89 Å². The average molecular weight is 175 g/mol. The Kier molecular flexibility index (Phi) is 1.66. The molecule has 1 heterocycles. The van der Waals surface area contributed by atoms with Crippen LogP contribution in [0.3, 0.4) is 0 Å². The monoisotopic (exact) mass is 175 g/mol. The van der Waals surface area contributed by atoms with E-state index in [1.807, 2.05) is 0 Å². The zero-order chi connectivity index (χ0) is 8.48. The zero-order valence-electron chi connectivity index (χ0n) is 5.11. The molecule has 0 atom stereocenters. The molecule has 6 heteroatoms. The van der Waals surface area contributed by atoms with Gasteiger partial charge in [0.05, 0.1) is 0 Å². The lowest BCUT2D eigenvalue weighted by Gasteiger charge is -1.82. The molecule has 0 saturated carbocycles. The molecule has 0 fully saturated rings. The molecule has 0 radical (unpaired) electrons. The minimum atomic E-state index is -4.81. The first kappa shape index (κ1) is 7.75. The maximum Gasteiger partial charge on any atom is 0.365 e. The summed E-state index contributed by atoms with van der Waals surface area (Å²) in [7, 11) is -4.81. The molecular weight excluding hydrogens is 173 g/mol. The van der Waals surface area contributed by atoms with Crippen LogP contribution in [0.25, 0.3) is 0 Å². The van der Waals surface area contributed by atoms with Gasteiger partial charge in [0.15, 0.2) is 0 Å². The smallest absolute Gasteiger partial charge is 0.365 e. The van der Waals surface area contributed by atoms with Crippen molar-refractivity contribution in [2.24, 2.45) is 0 Å². The fraction of sp³-hybridized carbons (Fsp3) is 0. The highest BCUT2D eigenvalue weighted by molar-refractivity contribution is 7.86. The normalized spacial score (nSPS) is 10.9.